The molecule has 3 rings (SSSR count). The fourth-order valence-corrected chi connectivity index (χ4v) is 3.83. The Morgan fingerprint density at radius 3 is 2.79 bits per heavy atom. The number of pyridine rings is 2. The lowest BCUT2D eigenvalue weighted by Gasteiger charge is -2.17. The summed E-state index contributed by atoms with van der Waals surface area (Å²) >= 11 is 0. The number of carbonyl (C=O) groups is 1. The van der Waals surface area contributed by atoms with Crippen LogP contribution in [0.2, 0.25) is 0 Å². The number of aromatic amines is 1. The van der Waals surface area contributed by atoms with E-state index in [0.717, 1.165) is 68.6 Å². The molecule has 3 heterocycles. The minimum atomic E-state index is -0.803. The Morgan fingerprint density at radius 1 is 1.14 bits per heavy atom. The average Bonchev–Trinajstić information content (AvgIpc) is 2.70. The Morgan fingerprint density at radius 2 is 2.00 bits per heavy atom. The number of nitrogens with zero attached hydrogens (tertiary/aromatic N) is 1. The molecule has 0 aromatic carbocycles. The molecule has 28 heavy (non-hydrogen) atoms. The predicted molar refractivity (Wildman–Crippen MR) is 110 cm³/mol. The van der Waals surface area contributed by atoms with E-state index < -0.39 is 5.97 Å². The minimum absolute atomic E-state index is 0.0530. The number of carboxylic acid groups (broad SMARTS) is 1. The molecule has 0 radical (unpaired) electrons. The molecular formula is C22H29N3O3. The van der Waals surface area contributed by atoms with E-state index in [1.54, 1.807) is 12.3 Å². The van der Waals surface area contributed by atoms with Crippen LogP contribution in [0.3, 0.4) is 0 Å². The Labute approximate surface area is 165 Å². The quantitative estimate of drug-likeness (QED) is 0.541. The number of H-pyrrole nitrogens is 1. The summed E-state index contributed by atoms with van der Waals surface area (Å²) in [5, 5.41) is 12.5. The lowest BCUT2D eigenvalue weighted by atomic mass is 9.91. The molecule has 2 aromatic heterocycles. The van der Waals surface area contributed by atoms with Gasteiger partial charge in [0.2, 0.25) is 5.56 Å². The maximum Gasteiger partial charge on any atom is 0.303 e. The summed E-state index contributed by atoms with van der Waals surface area (Å²) in [6.45, 7) is 1.01. The molecule has 0 saturated heterocycles. The highest BCUT2D eigenvalue weighted by Crippen LogP contribution is 2.25. The largest absolute Gasteiger partial charge is 0.481 e. The molecule has 6 nitrogen and oxygen atoms in total. The number of carboxylic acids is 1. The smallest absolute Gasteiger partial charge is 0.303 e. The summed E-state index contributed by atoms with van der Waals surface area (Å²) in [5.74, 6) is 0.201. The van der Waals surface area contributed by atoms with Gasteiger partial charge in [-0.3, -0.25) is 9.59 Å². The van der Waals surface area contributed by atoms with Crippen LogP contribution in [0.5, 0.6) is 0 Å². The summed E-state index contributed by atoms with van der Waals surface area (Å²) in [4.78, 5) is 29.8. The van der Waals surface area contributed by atoms with E-state index in [-0.39, 0.29) is 17.9 Å². The van der Waals surface area contributed by atoms with Gasteiger partial charge in [-0.2, -0.15) is 0 Å². The van der Waals surface area contributed by atoms with Crippen molar-refractivity contribution in [3.63, 3.8) is 0 Å². The maximum atomic E-state index is 11.2. The summed E-state index contributed by atoms with van der Waals surface area (Å²) in [6.07, 6.45) is 10.1. The second-order valence-electron chi connectivity index (χ2n) is 7.57. The van der Waals surface area contributed by atoms with Crippen LogP contribution in [0.15, 0.2) is 35.3 Å². The van der Waals surface area contributed by atoms with Crippen molar-refractivity contribution in [3.8, 4) is 0 Å². The summed E-state index contributed by atoms with van der Waals surface area (Å²) in [5.41, 5.74) is 3.20. The zero-order valence-corrected chi connectivity index (χ0v) is 16.2. The number of aryl methyl sites for hydroxylation is 2. The number of aromatic nitrogens is 2. The summed E-state index contributed by atoms with van der Waals surface area (Å²) < 4.78 is 0. The van der Waals surface area contributed by atoms with E-state index in [0.29, 0.717) is 0 Å². The fourth-order valence-electron chi connectivity index (χ4n) is 3.83. The van der Waals surface area contributed by atoms with Gasteiger partial charge < -0.3 is 15.4 Å². The second kappa shape index (κ2) is 10.1. The zero-order chi connectivity index (χ0) is 19.8. The van der Waals surface area contributed by atoms with Crippen molar-refractivity contribution < 1.29 is 9.90 Å². The number of anilines is 1. The number of aliphatic carboxylic acids is 1. The van der Waals surface area contributed by atoms with Crippen LogP contribution in [0, 0.1) is 0 Å². The third kappa shape index (κ3) is 5.94. The Bertz CT molecular complexity index is 827. The highest BCUT2D eigenvalue weighted by Gasteiger charge is 2.15. The van der Waals surface area contributed by atoms with Crippen LogP contribution >= 0.6 is 0 Å². The number of hydrogen-bond donors (Lipinski definition) is 3. The Hall–Kier alpha value is -2.63. The minimum Gasteiger partial charge on any atom is -0.481 e. The van der Waals surface area contributed by atoms with Gasteiger partial charge in [-0.25, -0.2) is 4.98 Å². The molecule has 0 fully saturated rings. The van der Waals surface area contributed by atoms with Gasteiger partial charge in [0.25, 0.3) is 0 Å². The number of fused-ring (bicyclic) bond motifs is 1. The first-order valence-electron chi connectivity index (χ1n) is 10.2. The lowest BCUT2D eigenvalue weighted by Crippen LogP contribution is -2.13. The molecule has 0 bridgehead atoms. The normalized spacial score (nSPS) is 14.1. The molecule has 1 aliphatic heterocycles. The van der Waals surface area contributed by atoms with E-state index in [1.165, 1.54) is 18.1 Å². The number of hydrogen-bond acceptors (Lipinski definition) is 4. The van der Waals surface area contributed by atoms with Gasteiger partial charge in [-0.1, -0.05) is 31.4 Å². The molecule has 6 heteroatoms. The summed E-state index contributed by atoms with van der Waals surface area (Å²) in [6, 6.07) is 7.54. The maximum absolute atomic E-state index is 11.2. The number of nitrogens with one attached hydrogen (secondary N) is 2. The molecule has 0 amide bonds. The first-order valence-corrected chi connectivity index (χ1v) is 10.2. The summed E-state index contributed by atoms with van der Waals surface area (Å²) in [7, 11) is 0. The van der Waals surface area contributed by atoms with E-state index in [9.17, 15) is 9.59 Å². The molecule has 1 atom stereocenters. The number of rotatable bonds is 10. The third-order valence-corrected chi connectivity index (χ3v) is 5.39. The van der Waals surface area contributed by atoms with Gasteiger partial charge in [-0.05, 0) is 55.2 Å². The zero-order valence-electron chi connectivity index (χ0n) is 16.2. The van der Waals surface area contributed by atoms with Crippen LogP contribution in [0.1, 0.15) is 67.7 Å². The molecule has 1 aliphatic rings. The molecule has 1 unspecified atom stereocenters. The first-order chi connectivity index (χ1) is 13.6. The van der Waals surface area contributed by atoms with Crippen molar-refractivity contribution in [3.05, 3.63) is 57.6 Å². The molecule has 150 valence electrons. The van der Waals surface area contributed by atoms with Crippen LogP contribution in [0.4, 0.5) is 5.82 Å². The highest BCUT2D eigenvalue weighted by atomic mass is 16.4. The SMILES string of the molecule is O=C(O)CC(CCCCCCc1ccc2c(n1)NCCC2)c1ccc(=O)[nH]c1. The van der Waals surface area contributed by atoms with Crippen molar-refractivity contribution >= 4 is 11.8 Å². The second-order valence-corrected chi connectivity index (χ2v) is 7.57. The topological polar surface area (TPSA) is 95.1 Å². The van der Waals surface area contributed by atoms with Crippen molar-refractivity contribution in [2.45, 2.75) is 63.7 Å². The van der Waals surface area contributed by atoms with Gasteiger partial charge in [0.1, 0.15) is 5.82 Å². The Kier molecular flexibility index (Phi) is 7.23. The van der Waals surface area contributed by atoms with Gasteiger partial charge in [0.05, 0.1) is 6.42 Å². The van der Waals surface area contributed by atoms with Gasteiger partial charge in [0, 0.05) is 24.5 Å². The van der Waals surface area contributed by atoms with Crippen LogP contribution in [-0.2, 0) is 17.6 Å². The van der Waals surface area contributed by atoms with E-state index >= 15 is 0 Å². The monoisotopic (exact) mass is 383 g/mol. The van der Waals surface area contributed by atoms with E-state index in [1.807, 2.05) is 0 Å². The van der Waals surface area contributed by atoms with Crippen molar-refractivity contribution in [2.75, 3.05) is 11.9 Å². The van der Waals surface area contributed by atoms with Crippen LogP contribution in [-0.4, -0.2) is 27.6 Å². The van der Waals surface area contributed by atoms with Gasteiger partial charge in [0.15, 0.2) is 0 Å². The Balaban J connectivity index is 1.40. The van der Waals surface area contributed by atoms with Gasteiger partial charge >= 0.3 is 5.97 Å². The predicted octanol–water partition coefficient (Wildman–Crippen LogP) is 3.88. The molecule has 0 spiro atoms. The van der Waals surface area contributed by atoms with E-state index in [4.69, 9.17) is 10.1 Å². The van der Waals surface area contributed by atoms with Crippen LogP contribution < -0.4 is 10.9 Å². The highest BCUT2D eigenvalue weighted by molar-refractivity contribution is 5.68. The van der Waals surface area contributed by atoms with Gasteiger partial charge in [-0.15, -0.1) is 0 Å². The standard InChI is InChI=1S/C22H29N3O3/c26-20-12-10-18(15-24-20)17(14-21(27)28)6-3-1-2-4-8-19-11-9-16-7-5-13-23-22(16)25-19/h9-12,15,17H,1-8,13-14H2,(H,23,25)(H,24,26)(H,27,28). The van der Waals surface area contributed by atoms with Crippen molar-refractivity contribution in [1.82, 2.24) is 9.97 Å². The van der Waals surface area contributed by atoms with Crippen molar-refractivity contribution in [2.24, 2.45) is 0 Å². The number of unbranched alkanes of at least 4 members (excludes halogenated alkanes) is 3. The third-order valence-electron chi connectivity index (χ3n) is 5.39. The van der Waals surface area contributed by atoms with E-state index in [2.05, 4.69) is 22.4 Å². The van der Waals surface area contributed by atoms with Crippen molar-refractivity contribution in [1.29, 1.82) is 0 Å². The first kappa shape index (κ1) is 20.1. The molecular weight excluding hydrogens is 354 g/mol. The van der Waals surface area contributed by atoms with Crippen LogP contribution in [0.25, 0.3) is 0 Å². The molecule has 0 aliphatic carbocycles. The molecule has 3 N–H and O–H groups in total. The molecule has 2 aromatic rings. The fraction of sp³-hybridized carbons (Fsp3) is 0.500. The lowest BCUT2D eigenvalue weighted by molar-refractivity contribution is -0.137. The molecule has 0 saturated carbocycles. The average molecular weight is 383 g/mol.